The van der Waals surface area contributed by atoms with Gasteiger partial charge in [-0.25, -0.2) is 23.7 Å². The Bertz CT molecular complexity index is 1340. The minimum Gasteiger partial charge on any atom is -0.382 e. The van der Waals surface area contributed by atoms with Crippen LogP contribution in [-0.4, -0.2) is 69.1 Å². The monoisotopic (exact) mass is 450 g/mol. The van der Waals surface area contributed by atoms with E-state index in [-0.39, 0.29) is 12.2 Å². The summed E-state index contributed by atoms with van der Waals surface area (Å²) >= 11 is 0. The van der Waals surface area contributed by atoms with Gasteiger partial charge in [-0.05, 0) is 18.2 Å². The molecule has 1 atom stereocenters. The van der Waals surface area contributed by atoms with Crippen molar-refractivity contribution in [3.05, 3.63) is 42.2 Å². The number of amides is 1. The number of pyridine rings is 1. The lowest BCUT2D eigenvalue weighted by atomic mass is 10.0. The minimum absolute atomic E-state index is 0.150. The molecule has 3 N–H and O–H groups in total. The maximum atomic E-state index is 13.5. The summed E-state index contributed by atoms with van der Waals surface area (Å²) in [5.41, 5.74) is 7.27. The van der Waals surface area contributed by atoms with E-state index >= 15 is 0 Å². The highest BCUT2D eigenvalue weighted by molar-refractivity contribution is 5.96. The molecule has 168 valence electrons. The van der Waals surface area contributed by atoms with Crippen molar-refractivity contribution < 1.29 is 18.7 Å². The third kappa shape index (κ3) is 3.70. The van der Waals surface area contributed by atoms with Gasteiger partial charge in [0, 0.05) is 31.1 Å². The van der Waals surface area contributed by atoms with Crippen LogP contribution in [0.25, 0.3) is 22.3 Å². The van der Waals surface area contributed by atoms with Crippen molar-refractivity contribution in [2.45, 2.75) is 17.9 Å². The zero-order valence-corrected chi connectivity index (χ0v) is 17.7. The number of nitrogens with zero attached hydrogens (tertiary/aromatic N) is 5. The van der Waals surface area contributed by atoms with Gasteiger partial charge in [0.2, 0.25) is 5.60 Å². The minimum atomic E-state index is -2.75. The Labute approximate surface area is 188 Å². The summed E-state index contributed by atoms with van der Waals surface area (Å²) in [5, 5.41) is 10.5. The van der Waals surface area contributed by atoms with Crippen molar-refractivity contribution in [3.63, 3.8) is 0 Å². The molecule has 3 aromatic rings. The van der Waals surface area contributed by atoms with Crippen LogP contribution in [0.1, 0.15) is 12.0 Å². The first kappa shape index (κ1) is 21.0. The van der Waals surface area contributed by atoms with Gasteiger partial charge < -0.3 is 20.6 Å². The van der Waals surface area contributed by atoms with E-state index in [4.69, 9.17) is 5.73 Å². The molecule has 1 amide bonds. The van der Waals surface area contributed by atoms with Gasteiger partial charge in [0.15, 0.2) is 5.82 Å². The molecule has 0 saturated carbocycles. The second-order valence-corrected chi connectivity index (χ2v) is 8.36. The Morgan fingerprint density at radius 3 is 2.67 bits per heavy atom. The van der Waals surface area contributed by atoms with E-state index in [1.54, 1.807) is 37.4 Å². The zero-order chi connectivity index (χ0) is 23.4. The number of fused-ring (bicyclic) bond motifs is 1. The first-order valence-corrected chi connectivity index (χ1v) is 10.3. The number of aliphatic hydroxyl groups is 1. The summed E-state index contributed by atoms with van der Waals surface area (Å²) in [5.74, 6) is 2.54. The Hall–Kier alpha value is -3.84. The van der Waals surface area contributed by atoms with E-state index in [9.17, 15) is 18.7 Å². The van der Waals surface area contributed by atoms with Crippen molar-refractivity contribution in [2.24, 2.45) is 0 Å². The summed E-state index contributed by atoms with van der Waals surface area (Å²) in [6.07, 6.45) is 1.52. The van der Waals surface area contributed by atoms with Gasteiger partial charge in [-0.1, -0.05) is 24.0 Å². The molecule has 1 aromatic carbocycles. The van der Waals surface area contributed by atoms with Crippen molar-refractivity contribution >= 4 is 28.4 Å². The van der Waals surface area contributed by atoms with Crippen LogP contribution in [0.2, 0.25) is 0 Å². The molecule has 33 heavy (non-hydrogen) atoms. The molecule has 0 spiro atoms. The fraction of sp³-hybridized carbons (Fsp3) is 0.304. The highest BCUT2D eigenvalue weighted by atomic mass is 19.3. The number of carbonyl (C=O) groups is 1. The molecular weight excluding hydrogens is 430 g/mol. The van der Waals surface area contributed by atoms with Gasteiger partial charge in [-0.2, -0.15) is 0 Å². The third-order valence-electron chi connectivity index (χ3n) is 5.87. The van der Waals surface area contributed by atoms with Crippen LogP contribution in [0.15, 0.2) is 36.7 Å². The fourth-order valence-electron chi connectivity index (χ4n) is 4.01. The topological polar surface area (TPSA) is 108 Å². The van der Waals surface area contributed by atoms with E-state index < -0.39 is 30.5 Å². The number of nitrogens with two attached hydrogens (primary N) is 1. The van der Waals surface area contributed by atoms with E-state index in [2.05, 4.69) is 26.8 Å². The van der Waals surface area contributed by atoms with Crippen LogP contribution in [0.5, 0.6) is 0 Å². The first-order valence-electron chi connectivity index (χ1n) is 10.3. The number of halogens is 2. The Morgan fingerprint density at radius 2 is 1.97 bits per heavy atom. The predicted molar refractivity (Wildman–Crippen MR) is 118 cm³/mol. The molecule has 0 aliphatic carbocycles. The van der Waals surface area contributed by atoms with Crippen LogP contribution in [-0.2, 0) is 4.79 Å². The number of likely N-dealkylation sites (N-methyl/N-ethyl adjacent to an activating group) is 1. The number of anilines is 2. The number of aromatic nitrogens is 3. The van der Waals surface area contributed by atoms with Crippen LogP contribution < -0.4 is 10.6 Å². The summed E-state index contributed by atoms with van der Waals surface area (Å²) < 4.78 is 27.1. The lowest BCUT2D eigenvalue weighted by molar-refractivity contribution is -0.137. The van der Waals surface area contributed by atoms with Gasteiger partial charge >= 0.3 is 0 Å². The second-order valence-electron chi connectivity index (χ2n) is 8.36. The second kappa shape index (κ2) is 7.35. The molecule has 0 radical (unpaired) electrons. The third-order valence-corrected chi connectivity index (χ3v) is 5.87. The summed E-state index contributed by atoms with van der Waals surface area (Å²) in [4.78, 5) is 27.9. The van der Waals surface area contributed by atoms with Gasteiger partial charge in [0.1, 0.15) is 17.4 Å². The van der Waals surface area contributed by atoms with Gasteiger partial charge in [-0.15, -0.1) is 0 Å². The van der Waals surface area contributed by atoms with Gasteiger partial charge in [0.05, 0.1) is 24.5 Å². The number of carbonyl (C=O) groups excluding carboxylic acids is 1. The number of hydrogen-bond donors (Lipinski definition) is 2. The number of nitrogen functional groups attached to an aromatic ring is 1. The molecule has 2 fully saturated rings. The van der Waals surface area contributed by atoms with Crippen molar-refractivity contribution in [3.8, 4) is 23.1 Å². The zero-order valence-electron chi connectivity index (χ0n) is 17.7. The van der Waals surface area contributed by atoms with E-state index in [1.165, 1.54) is 16.1 Å². The number of alkyl halides is 2. The Kier molecular flexibility index (Phi) is 4.68. The van der Waals surface area contributed by atoms with Crippen LogP contribution >= 0.6 is 0 Å². The summed E-state index contributed by atoms with van der Waals surface area (Å²) in [6, 6.07) is 8.76. The maximum Gasteiger partial charge on any atom is 0.282 e. The van der Waals surface area contributed by atoms with Crippen LogP contribution in [0.4, 0.5) is 20.3 Å². The molecule has 2 aromatic heterocycles. The van der Waals surface area contributed by atoms with Crippen molar-refractivity contribution in [2.75, 3.05) is 37.3 Å². The highest BCUT2D eigenvalue weighted by Gasteiger charge is 2.45. The molecule has 8 nitrogen and oxygen atoms in total. The van der Waals surface area contributed by atoms with E-state index in [0.717, 1.165) is 0 Å². The lowest BCUT2D eigenvalue weighted by Crippen LogP contribution is -2.56. The highest BCUT2D eigenvalue weighted by Crippen LogP contribution is 2.37. The number of hydrogen-bond acceptors (Lipinski definition) is 7. The number of benzene rings is 1. The van der Waals surface area contributed by atoms with Gasteiger partial charge in [-0.3, -0.25) is 4.79 Å². The Balaban J connectivity index is 1.55. The molecule has 2 aliphatic rings. The van der Waals surface area contributed by atoms with Crippen LogP contribution in [0, 0.1) is 11.8 Å². The molecule has 2 saturated heterocycles. The molecule has 0 bridgehead atoms. The average Bonchev–Trinajstić information content (AvgIpc) is 3.04. The largest absolute Gasteiger partial charge is 0.382 e. The number of likely N-dealkylation sites (tertiary alicyclic amines) is 1. The summed E-state index contributed by atoms with van der Waals surface area (Å²) in [6.45, 7) is -0.392. The standard InChI is InChI=1S/C23H20F2N6O2/c1-30-8-7-22(33,21(30)32)6-5-14-3-2-4-15(9-14)16-10-17(31-11-23(24,25)12-31)18-19(29-16)20(26)28-13-27-18/h2-4,9-10,13,33H,7-8,11-12H2,1H3,(H2,26,27,28). The van der Waals surface area contributed by atoms with Crippen molar-refractivity contribution in [1.82, 2.24) is 19.9 Å². The number of rotatable bonds is 2. The maximum absolute atomic E-state index is 13.5. The quantitative estimate of drug-likeness (QED) is 0.572. The molecule has 1 unspecified atom stereocenters. The molecule has 2 aliphatic heterocycles. The van der Waals surface area contributed by atoms with Crippen LogP contribution in [0.3, 0.4) is 0 Å². The normalized spacial score (nSPS) is 21.6. The van der Waals surface area contributed by atoms with Crippen molar-refractivity contribution in [1.29, 1.82) is 0 Å². The lowest BCUT2D eigenvalue weighted by Gasteiger charge is -2.40. The summed E-state index contributed by atoms with van der Waals surface area (Å²) in [7, 11) is 1.62. The van der Waals surface area contributed by atoms with E-state index in [1.807, 2.05) is 0 Å². The predicted octanol–water partition coefficient (Wildman–Crippen LogP) is 1.67. The van der Waals surface area contributed by atoms with E-state index in [0.29, 0.717) is 40.1 Å². The molecule has 4 heterocycles. The smallest absolute Gasteiger partial charge is 0.282 e. The first-order chi connectivity index (χ1) is 15.7. The average molecular weight is 450 g/mol. The van der Waals surface area contributed by atoms with Gasteiger partial charge in [0.25, 0.3) is 11.8 Å². The Morgan fingerprint density at radius 1 is 1.18 bits per heavy atom. The SMILES string of the molecule is CN1CCC(O)(C#Cc2cccc(-c3cc(N4CC(F)(F)C4)c4ncnc(N)c4n3)c2)C1=O. The molecular formula is C23H20F2N6O2. The fourth-order valence-corrected chi connectivity index (χ4v) is 4.01. The molecule has 10 heteroatoms. The molecule has 5 rings (SSSR count).